The molecular weight excluding hydrogens is 769 g/mol. The van der Waals surface area contributed by atoms with Crippen LogP contribution in [0.25, 0.3) is 0 Å². The van der Waals surface area contributed by atoms with Gasteiger partial charge in [0.05, 0.1) is 35.8 Å². The molecule has 2 aliphatic heterocycles. The van der Waals surface area contributed by atoms with E-state index in [0.29, 0.717) is 50.3 Å². The van der Waals surface area contributed by atoms with Crippen LogP contribution in [0.15, 0.2) is 96.6 Å². The summed E-state index contributed by atoms with van der Waals surface area (Å²) in [6.07, 6.45) is 17.2. The number of aliphatic hydroxyl groups excluding tert-OH is 2. The Balaban J connectivity index is 1.31. The van der Waals surface area contributed by atoms with Crippen LogP contribution in [0.3, 0.4) is 0 Å². The molecule has 13 heteroatoms. The Bertz CT molecular complexity index is 1880. The number of carbonyl (C=O) groups is 1. The number of amides is 1. The number of rotatable bonds is 20. The summed E-state index contributed by atoms with van der Waals surface area (Å²) in [5.74, 6) is 0.487. The van der Waals surface area contributed by atoms with Crippen molar-refractivity contribution >= 4 is 23.6 Å². The van der Waals surface area contributed by atoms with Gasteiger partial charge in [-0.3, -0.25) is 9.97 Å². The van der Waals surface area contributed by atoms with Crippen molar-refractivity contribution in [2.45, 2.75) is 100 Å². The maximum Gasteiger partial charge on any atom is 0.412 e. The fourth-order valence-corrected chi connectivity index (χ4v) is 10.5. The summed E-state index contributed by atoms with van der Waals surface area (Å²) in [5.41, 5.74) is 4.70. The van der Waals surface area contributed by atoms with Crippen molar-refractivity contribution in [3.05, 3.63) is 108 Å². The molecule has 0 bridgehead atoms. The minimum Gasteiger partial charge on any atom is -0.460 e. The molecule has 7 rings (SSSR count). The van der Waals surface area contributed by atoms with Gasteiger partial charge in [0, 0.05) is 69.1 Å². The third-order valence-corrected chi connectivity index (χ3v) is 13.2. The highest BCUT2D eigenvalue weighted by atomic mass is 32.2. The second kappa shape index (κ2) is 21.3. The third-order valence-electron chi connectivity index (χ3n) is 11.8. The van der Waals surface area contributed by atoms with Crippen LogP contribution in [-0.4, -0.2) is 81.5 Å². The van der Waals surface area contributed by atoms with E-state index in [1.807, 2.05) is 42.5 Å². The van der Waals surface area contributed by atoms with Crippen LogP contribution >= 0.6 is 11.8 Å². The molecule has 2 aliphatic carbocycles. The molecular formula is C46H58N4O8S. The van der Waals surface area contributed by atoms with Gasteiger partial charge in [-0.15, -0.1) is 6.58 Å². The molecule has 4 aliphatic rings. The number of aliphatic hydroxyl groups is 2. The van der Waals surface area contributed by atoms with Gasteiger partial charge < -0.3 is 39.3 Å². The average Bonchev–Trinajstić information content (AvgIpc) is 3.27. The molecule has 12 nitrogen and oxygen atoms in total. The van der Waals surface area contributed by atoms with E-state index in [0.717, 1.165) is 78.8 Å². The second-order valence-corrected chi connectivity index (χ2v) is 17.0. The summed E-state index contributed by atoms with van der Waals surface area (Å²) >= 11 is 1.78. The van der Waals surface area contributed by atoms with Crippen molar-refractivity contribution in [3.63, 3.8) is 0 Å². The van der Waals surface area contributed by atoms with Crippen LogP contribution in [0.5, 0.6) is 11.5 Å². The van der Waals surface area contributed by atoms with E-state index in [1.54, 1.807) is 42.5 Å². The fourth-order valence-electron chi connectivity index (χ4n) is 9.13. The zero-order valence-electron chi connectivity index (χ0n) is 33.8. The van der Waals surface area contributed by atoms with Crippen molar-refractivity contribution in [1.29, 1.82) is 0 Å². The van der Waals surface area contributed by atoms with Gasteiger partial charge in [-0.1, -0.05) is 60.5 Å². The highest BCUT2D eigenvalue weighted by Gasteiger charge is 2.64. The lowest BCUT2D eigenvalue weighted by Gasteiger charge is -2.58. The molecule has 3 N–H and O–H groups in total. The van der Waals surface area contributed by atoms with E-state index in [4.69, 9.17) is 28.9 Å². The number of carbonyl (C=O) groups excluding carboxylic acids is 1. The number of fused-ring (bicyclic) bond motifs is 2. The molecule has 3 aromatic rings. The number of aryl methyl sites for hydroxylation is 1. The standard InChI is InChI=1S/C46H58N4O8S/c1-2-24-55-46-41(59-26-19-34-31-47-20-21-48-34)29-39(50-58-42-16-8-11-25-54-42)37-27-33(14-6-9-22-51)36(15-7-10-23-52)43(44(37)46)38-28-35(17-18-40(38)57-46)56-45(53)49-30-32-12-4-3-5-13-32/h2-5,12-13,17-18,20-21,27-28,31,33,36,41-44,51-52H,1,6-11,14-16,19,22-26,29-30H2,(H,49,53)/t33-,36+,41-,42?,43+,44+,46+/m0/s1. The van der Waals surface area contributed by atoms with Crippen LogP contribution < -0.4 is 14.8 Å². The van der Waals surface area contributed by atoms with E-state index >= 15 is 0 Å². The van der Waals surface area contributed by atoms with E-state index in [9.17, 15) is 15.0 Å². The number of thioether (sulfide) groups is 1. The van der Waals surface area contributed by atoms with Crippen LogP contribution in [0.1, 0.15) is 86.9 Å². The molecule has 1 amide bonds. The quantitative estimate of drug-likeness (QED) is 0.0579. The number of nitrogens with zero attached hydrogens (tertiary/aromatic N) is 3. The Kier molecular flexibility index (Phi) is 15.5. The number of benzene rings is 2. The normalized spacial score (nSPS) is 26.5. The first-order valence-corrected chi connectivity index (χ1v) is 22.3. The number of allylic oxidation sites excluding steroid dienone is 1. The van der Waals surface area contributed by atoms with E-state index < -0.39 is 18.2 Å². The van der Waals surface area contributed by atoms with Gasteiger partial charge >= 0.3 is 6.09 Å². The molecule has 3 heterocycles. The van der Waals surface area contributed by atoms with E-state index in [-0.39, 0.29) is 48.7 Å². The Hall–Kier alpha value is -4.27. The maximum absolute atomic E-state index is 13.2. The van der Waals surface area contributed by atoms with Gasteiger partial charge in [0.2, 0.25) is 12.1 Å². The lowest BCUT2D eigenvalue weighted by Crippen LogP contribution is -2.64. The second-order valence-electron chi connectivity index (χ2n) is 15.7. The number of ether oxygens (including phenoxy) is 4. The average molecular weight is 827 g/mol. The Morgan fingerprint density at radius 2 is 1.92 bits per heavy atom. The number of hydrogen-bond acceptors (Lipinski definition) is 12. The van der Waals surface area contributed by atoms with Crippen LogP contribution in [0, 0.1) is 17.8 Å². The minimum absolute atomic E-state index is 0.109. The number of oxime groups is 1. The molecule has 59 heavy (non-hydrogen) atoms. The highest BCUT2D eigenvalue weighted by Crippen LogP contribution is 2.62. The zero-order valence-corrected chi connectivity index (χ0v) is 34.6. The van der Waals surface area contributed by atoms with Gasteiger partial charge in [-0.2, -0.15) is 11.8 Å². The van der Waals surface area contributed by atoms with Crippen molar-refractivity contribution in [2.24, 2.45) is 22.9 Å². The summed E-state index contributed by atoms with van der Waals surface area (Å²) in [5, 5.41) is 27.4. The van der Waals surface area contributed by atoms with Gasteiger partial charge in [0.25, 0.3) is 0 Å². The van der Waals surface area contributed by atoms with E-state index in [2.05, 4.69) is 27.9 Å². The lowest BCUT2D eigenvalue weighted by molar-refractivity contribution is -0.223. The summed E-state index contributed by atoms with van der Waals surface area (Å²) in [6, 6.07) is 15.4. The Morgan fingerprint density at radius 3 is 2.68 bits per heavy atom. The first kappa shape index (κ1) is 42.8. The monoisotopic (exact) mass is 826 g/mol. The van der Waals surface area contributed by atoms with Crippen molar-refractivity contribution in [1.82, 2.24) is 15.3 Å². The number of unbranched alkanes of at least 4 members (excludes halogenated alkanes) is 2. The molecule has 2 aromatic carbocycles. The molecule has 0 radical (unpaired) electrons. The highest BCUT2D eigenvalue weighted by molar-refractivity contribution is 8.00. The van der Waals surface area contributed by atoms with Crippen LogP contribution in [0.4, 0.5) is 4.79 Å². The molecule has 7 atom stereocenters. The fraction of sp³-hybridized carbons (Fsp3) is 0.522. The van der Waals surface area contributed by atoms with Crippen molar-refractivity contribution < 1.29 is 38.8 Å². The molecule has 316 valence electrons. The molecule has 1 aromatic heterocycles. The van der Waals surface area contributed by atoms with Crippen molar-refractivity contribution in [3.8, 4) is 11.5 Å². The predicted octanol–water partition coefficient (Wildman–Crippen LogP) is 7.90. The maximum atomic E-state index is 13.2. The predicted molar refractivity (Wildman–Crippen MR) is 227 cm³/mol. The van der Waals surface area contributed by atoms with Crippen LogP contribution in [-0.2, 0) is 27.3 Å². The summed E-state index contributed by atoms with van der Waals surface area (Å²) in [7, 11) is 0. The summed E-state index contributed by atoms with van der Waals surface area (Å²) < 4.78 is 26.2. The Labute approximate surface area is 351 Å². The lowest BCUT2D eigenvalue weighted by atomic mass is 9.56. The Morgan fingerprint density at radius 1 is 1.07 bits per heavy atom. The number of aromatic nitrogens is 2. The minimum atomic E-state index is -1.12. The summed E-state index contributed by atoms with van der Waals surface area (Å²) in [6.45, 7) is 5.53. The number of nitrogens with one attached hydrogen (secondary N) is 1. The first-order chi connectivity index (χ1) is 29.0. The van der Waals surface area contributed by atoms with Gasteiger partial charge in [0.1, 0.15) is 11.5 Å². The molecule has 1 saturated carbocycles. The van der Waals surface area contributed by atoms with Gasteiger partial charge in [-0.25, -0.2) is 4.79 Å². The van der Waals surface area contributed by atoms with Crippen LogP contribution in [0.2, 0.25) is 0 Å². The topological polar surface area (TPSA) is 154 Å². The largest absolute Gasteiger partial charge is 0.460 e. The van der Waals surface area contributed by atoms with Crippen molar-refractivity contribution in [2.75, 3.05) is 32.2 Å². The molecule has 0 spiro atoms. The zero-order chi connectivity index (χ0) is 40.9. The third kappa shape index (κ3) is 10.6. The smallest absolute Gasteiger partial charge is 0.412 e. The molecule has 2 fully saturated rings. The van der Waals surface area contributed by atoms with E-state index in [1.165, 1.54) is 0 Å². The first-order valence-electron chi connectivity index (χ1n) is 21.2. The van der Waals surface area contributed by atoms with Gasteiger partial charge in [-0.05, 0) is 85.4 Å². The molecule has 1 saturated heterocycles. The molecule has 1 unspecified atom stereocenters. The summed E-state index contributed by atoms with van der Waals surface area (Å²) in [4.78, 5) is 28.2. The van der Waals surface area contributed by atoms with Gasteiger partial charge in [0.15, 0.2) is 0 Å². The SMILES string of the molecule is C=CCO[C@@]12Oc3ccc(OC(=O)NCc4ccccc4)cc3[C@H]3[C@H](CCCCO)[C@@H](CCCCO)C=C(C(=NOC4CCCCO4)C[C@@H]1SCCc1cnccn1)[C@H]32. The number of hydrogen-bond donors (Lipinski definition) is 3.